The van der Waals surface area contributed by atoms with Crippen LogP contribution in [0.2, 0.25) is 0 Å². The molecule has 2 N–H and O–H groups in total. The minimum absolute atomic E-state index is 0.836. The van der Waals surface area contributed by atoms with E-state index in [1.54, 1.807) is 0 Å². The average molecular weight is 641 g/mol. The van der Waals surface area contributed by atoms with Crippen molar-refractivity contribution in [2.24, 2.45) is 5.73 Å². The van der Waals surface area contributed by atoms with Crippen molar-refractivity contribution in [1.29, 1.82) is 0 Å². The summed E-state index contributed by atoms with van der Waals surface area (Å²) >= 11 is 7.07. The molecule has 0 aliphatic rings. The highest BCUT2D eigenvalue weighted by atomic mass is 127. The van der Waals surface area contributed by atoms with E-state index in [0.29, 0.717) is 0 Å². The number of nitrogens with two attached hydrogens (primary N) is 1. The second kappa shape index (κ2) is 13.5. The predicted molar refractivity (Wildman–Crippen MR) is 121 cm³/mol. The molecular weight excluding hydrogens is 615 g/mol. The highest BCUT2D eigenvalue weighted by molar-refractivity contribution is 14.1. The molecule has 126 valence electrons. The third kappa shape index (κ3) is 9.46. The second-order valence-electron chi connectivity index (χ2n) is 5.52. The Morgan fingerprint density at radius 1 is 0.727 bits per heavy atom. The lowest BCUT2D eigenvalue weighted by Crippen LogP contribution is -2.01. The van der Waals surface area contributed by atoms with Gasteiger partial charge in [-0.1, -0.05) is 44.9 Å². The predicted octanol–water partition coefficient (Wildman–Crippen LogP) is 6.35. The van der Waals surface area contributed by atoms with Gasteiger partial charge in [0.25, 0.3) is 0 Å². The summed E-state index contributed by atoms with van der Waals surface area (Å²) in [6.07, 6.45) is 11.7. The monoisotopic (exact) mass is 641 g/mol. The number of hydrogen-bond donors (Lipinski definition) is 1. The zero-order chi connectivity index (χ0) is 16.2. The Hall–Kier alpha value is 1.17. The van der Waals surface area contributed by atoms with Gasteiger partial charge in [-0.25, -0.2) is 0 Å². The molecule has 0 bridgehead atoms. The third-order valence-corrected chi connectivity index (χ3v) is 5.78. The Labute approximate surface area is 176 Å². The molecule has 0 heterocycles. The van der Waals surface area contributed by atoms with Crippen LogP contribution in [-0.4, -0.2) is 13.2 Å². The minimum Gasteiger partial charge on any atom is -0.491 e. The highest BCUT2D eigenvalue weighted by Gasteiger charge is 2.07. The lowest BCUT2D eigenvalue weighted by molar-refractivity contribution is 0.300. The summed E-state index contributed by atoms with van der Waals surface area (Å²) in [5, 5.41) is 0. The maximum Gasteiger partial charge on any atom is 0.145 e. The first-order valence-electron chi connectivity index (χ1n) is 8.12. The Balaban J connectivity index is 2.02. The standard InChI is InChI=1S/C17H26I3NO/c18-14-12-15(19)17(16(20)13-14)22-11-9-7-5-3-1-2-4-6-8-10-21/h12-13H,1-11,21H2. The van der Waals surface area contributed by atoms with Crippen LogP contribution in [0.4, 0.5) is 0 Å². The van der Waals surface area contributed by atoms with Crippen molar-refractivity contribution >= 4 is 67.8 Å². The summed E-state index contributed by atoms with van der Waals surface area (Å²) in [5.41, 5.74) is 5.49. The molecule has 0 unspecified atom stereocenters. The average Bonchev–Trinajstić information content (AvgIpc) is 2.46. The number of halogens is 3. The van der Waals surface area contributed by atoms with Gasteiger partial charge in [-0.05, 0) is 99.3 Å². The second-order valence-corrected chi connectivity index (χ2v) is 9.09. The molecule has 5 heteroatoms. The Kier molecular flexibility index (Phi) is 13.0. The molecule has 1 aromatic rings. The topological polar surface area (TPSA) is 35.2 Å². The van der Waals surface area contributed by atoms with Crippen molar-refractivity contribution in [2.75, 3.05) is 13.2 Å². The van der Waals surface area contributed by atoms with Crippen LogP contribution in [0.3, 0.4) is 0 Å². The molecule has 0 fully saturated rings. The zero-order valence-electron chi connectivity index (χ0n) is 13.1. The summed E-state index contributed by atoms with van der Waals surface area (Å²) in [5.74, 6) is 1.06. The van der Waals surface area contributed by atoms with E-state index in [1.165, 1.54) is 62.1 Å². The lowest BCUT2D eigenvalue weighted by atomic mass is 10.1. The first-order chi connectivity index (χ1) is 10.6. The summed E-state index contributed by atoms with van der Waals surface area (Å²) in [6.45, 7) is 1.68. The smallest absolute Gasteiger partial charge is 0.145 e. The largest absolute Gasteiger partial charge is 0.491 e. The zero-order valence-corrected chi connectivity index (χ0v) is 19.5. The summed E-state index contributed by atoms with van der Waals surface area (Å²) in [7, 11) is 0. The van der Waals surface area contributed by atoms with E-state index in [1.807, 2.05) is 0 Å². The molecule has 0 aromatic heterocycles. The quantitative estimate of drug-likeness (QED) is 0.214. The molecule has 0 saturated carbocycles. The van der Waals surface area contributed by atoms with Crippen LogP contribution < -0.4 is 10.5 Å². The van der Waals surface area contributed by atoms with Crippen molar-refractivity contribution in [3.63, 3.8) is 0 Å². The number of unbranched alkanes of at least 4 members (excludes halogenated alkanes) is 8. The van der Waals surface area contributed by atoms with Crippen LogP contribution in [0.5, 0.6) is 5.75 Å². The Bertz CT molecular complexity index is 403. The lowest BCUT2D eigenvalue weighted by Gasteiger charge is -2.11. The molecule has 0 aliphatic carbocycles. The van der Waals surface area contributed by atoms with Gasteiger partial charge in [0, 0.05) is 3.57 Å². The fraction of sp³-hybridized carbons (Fsp3) is 0.647. The number of ether oxygens (including phenoxy) is 1. The van der Waals surface area contributed by atoms with Gasteiger partial charge in [-0.2, -0.15) is 0 Å². The van der Waals surface area contributed by atoms with Gasteiger partial charge >= 0.3 is 0 Å². The molecule has 0 amide bonds. The Morgan fingerprint density at radius 2 is 1.18 bits per heavy atom. The van der Waals surface area contributed by atoms with Gasteiger partial charge in [0.05, 0.1) is 13.7 Å². The van der Waals surface area contributed by atoms with E-state index in [0.717, 1.165) is 25.3 Å². The molecule has 0 radical (unpaired) electrons. The first kappa shape index (κ1) is 21.2. The van der Waals surface area contributed by atoms with Gasteiger partial charge in [0.15, 0.2) is 0 Å². The number of rotatable bonds is 12. The minimum atomic E-state index is 0.836. The molecule has 1 rings (SSSR count). The fourth-order valence-corrected chi connectivity index (χ4v) is 6.22. The van der Waals surface area contributed by atoms with Gasteiger partial charge in [-0.3, -0.25) is 0 Å². The molecular formula is C17H26I3NO. The van der Waals surface area contributed by atoms with Crippen molar-refractivity contribution in [1.82, 2.24) is 0 Å². The number of hydrogen-bond acceptors (Lipinski definition) is 2. The van der Waals surface area contributed by atoms with E-state index >= 15 is 0 Å². The summed E-state index contributed by atoms with van der Waals surface area (Å²) in [4.78, 5) is 0. The number of benzene rings is 1. The summed E-state index contributed by atoms with van der Waals surface area (Å²) < 4.78 is 9.66. The van der Waals surface area contributed by atoms with Crippen LogP contribution in [0.25, 0.3) is 0 Å². The molecule has 22 heavy (non-hydrogen) atoms. The molecule has 0 atom stereocenters. The Morgan fingerprint density at radius 3 is 1.68 bits per heavy atom. The molecule has 0 spiro atoms. The fourth-order valence-electron chi connectivity index (χ4n) is 2.32. The van der Waals surface area contributed by atoms with E-state index < -0.39 is 0 Å². The SMILES string of the molecule is NCCCCCCCCCCCOc1c(I)cc(I)cc1I. The van der Waals surface area contributed by atoms with Crippen molar-refractivity contribution < 1.29 is 4.74 Å². The summed E-state index contributed by atoms with van der Waals surface area (Å²) in [6, 6.07) is 4.34. The van der Waals surface area contributed by atoms with Gasteiger partial charge in [0.1, 0.15) is 5.75 Å². The van der Waals surface area contributed by atoms with Crippen LogP contribution in [-0.2, 0) is 0 Å². The van der Waals surface area contributed by atoms with Gasteiger partial charge in [0.2, 0.25) is 0 Å². The van der Waals surface area contributed by atoms with Crippen LogP contribution in [0.1, 0.15) is 57.8 Å². The van der Waals surface area contributed by atoms with Crippen molar-refractivity contribution in [3.05, 3.63) is 22.8 Å². The van der Waals surface area contributed by atoms with Gasteiger partial charge < -0.3 is 10.5 Å². The van der Waals surface area contributed by atoms with Crippen LogP contribution >= 0.6 is 67.8 Å². The molecule has 0 saturated heterocycles. The van der Waals surface area contributed by atoms with E-state index in [-0.39, 0.29) is 0 Å². The van der Waals surface area contributed by atoms with Gasteiger partial charge in [-0.15, -0.1) is 0 Å². The van der Waals surface area contributed by atoms with Crippen molar-refractivity contribution in [3.8, 4) is 5.75 Å². The van der Waals surface area contributed by atoms with Crippen molar-refractivity contribution in [2.45, 2.75) is 57.8 Å². The van der Waals surface area contributed by atoms with Crippen LogP contribution in [0, 0.1) is 10.7 Å². The van der Waals surface area contributed by atoms with Crippen LogP contribution in [0.15, 0.2) is 12.1 Å². The highest BCUT2D eigenvalue weighted by Crippen LogP contribution is 2.29. The molecule has 0 aliphatic heterocycles. The first-order valence-corrected chi connectivity index (χ1v) is 11.4. The molecule has 2 nitrogen and oxygen atoms in total. The third-order valence-electron chi connectivity index (χ3n) is 3.56. The maximum atomic E-state index is 5.96. The maximum absolute atomic E-state index is 5.96. The van der Waals surface area contributed by atoms with E-state index in [2.05, 4.69) is 79.9 Å². The normalized spacial score (nSPS) is 10.9. The molecule has 1 aromatic carbocycles. The van der Waals surface area contributed by atoms with E-state index in [4.69, 9.17) is 10.5 Å². The van der Waals surface area contributed by atoms with E-state index in [9.17, 15) is 0 Å².